The first kappa shape index (κ1) is 31.4. The Morgan fingerprint density at radius 3 is 2.14 bits per heavy atom. The van der Waals surface area contributed by atoms with Gasteiger partial charge in [-0.2, -0.15) is 9.97 Å². The monoisotopic (exact) mass is 598 g/mol. The number of anilines is 2. The highest BCUT2D eigenvalue weighted by molar-refractivity contribution is 6.00. The first-order chi connectivity index (χ1) is 20.6. The Bertz CT molecular complexity index is 1280. The third kappa shape index (κ3) is 6.30. The number of carbonyl (C=O) groups excluding carboxylic acids is 1. The minimum Gasteiger partial charge on any atom is -0.465 e. The molecule has 3 aliphatic heterocycles. The third-order valence-electron chi connectivity index (χ3n) is 9.80. The molecule has 3 aliphatic rings. The van der Waals surface area contributed by atoms with Crippen LogP contribution < -0.4 is 10.2 Å². The Hall–Kier alpha value is -3.03. The molecule has 2 amide bonds. The van der Waals surface area contributed by atoms with Crippen LogP contribution in [0.5, 0.6) is 0 Å². The number of carboxylic acid groups (broad SMARTS) is 1. The molecule has 238 valence electrons. The van der Waals surface area contributed by atoms with E-state index in [4.69, 9.17) is 15.0 Å². The van der Waals surface area contributed by atoms with Crippen molar-refractivity contribution < 1.29 is 14.7 Å². The van der Waals surface area contributed by atoms with Crippen LogP contribution in [0.2, 0.25) is 0 Å². The lowest BCUT2D eigenvalue weighted by molar-refractivity contribution is -0.131. The second-order valence-electron chi connectivity index (χ2n) is 13.1. The van der Waals surface area contributed by atoms with Crippen molar-refractivity contribution in [3.8, 4) is 0 Å². The standard InChI is InChI=1S/C30H50N10O3/c1-6-35-14-16-37(17-15-35)11-9-12-39-22-31-23-24(38-20-18-36(7-2)19-21-38)32-27(33-25(23)39)34-26(41)30(29(3,4)5)10-8-13-40(30)28(42)43/h22H,6-21H2,1-5H3,(H,42,43)(H,32,33,34,41). The average molecular weight is 599 g/mol. The van der Waals surface area contributed by atoms with E-state index in [1.54, 1.807) is 0 Å². The highest BCUT2D eigenvalue weighted by atomic mass is 16.4. The van der Waals surface area contributed by atoms with E-state index < -0.39 is 17.0 Å². The molecule has 0 radical (unpaired) electrons. The van der Waals surface area contributed by atoms with Crippen LogP contribution >= 0.6 is 0 Å². The molecule has 13 heteroatoms. The summed E-state index contributed by atoms with van der Waals surface area (Å²) in [4.78, 5) is 51.7. The Labute approximate surface area is 255 Å². The van der Waals surface area contributed by atoms with E-state index in [9.17, 15) is 14.7 Å². The van der Waals surface area contributed by atoms with Crippen LogP contribution in [-0.2, 0) is 11.3 Å². The number of carbonyl (C=O) groups is 2. The van der Waals surface area contributed by atoms with E-state index in [1.807, 2.05) is 27.1 Å². The number of hydrogen-bond acceptors (Lipinski definition) is 9. The topological polar surface area (TPSA) is 126 Å². The lowest BCUT2D eigenvalue weighted by Crippen LogP contribution is -2.62. The minimum atomic E-state index is -1.22. The van der Waals surface area contributed by atoms with Gasteiger partial charge in [-0.25, -0.2) is 9.78 Å². The quantitative estimate of drug-likeness (QED) is 0.445. The zero-order chi connectivity index (χ0) is 30.8. The van der Waals surface area contributed by atoms with Gasteiger partial charge in [-0.3, -0.25) is 15.0 Å². The molecule has 43 heavy (non-hydrogen) atoms. The van der Waals surface area contributed by atoms with Gasteiger partial charge in [0.15, 0.2) is 17.0 Å². The second-order valence-corrected chi connectivity index (χ2v) is 13.1. The van der Waals surface area contributed by atoms with Crippen molar-refractivity contribution >= 4 is 34.9 Å². The van der Waals surface area contributed by atoms with Gasteiger partial charge >= 0.3 is 6.09 Å². The molecular formula is C30H50N10O3. The normalized spacial score (nSPS) is 22.9. The van der Waals surface area contributed by atoms with Crippen LogP contribution in [0.15, 0.2) is 6.33 Å². The van der Waals surface area contributed by atoms with E-state index >= 15 is 0 Å². The molecule has 2 N–H and O–H groups in total. The number of rotatable bonds is 9. The van der Waals surface area contributed by atoms with Crippen molar-refractivity contribution in [3.63, 3.8) is 0 Å². The summed E-state index contributed by atoms with van der Waals surface area (Å²) in [5.74, 6) is 0.541. The highest BCUT2D eigenvalue weighted by Crippen LogP contribution is 2.44. The van der Waals surface area contributed by atoms with E-state index in [1.165, 1.54) is 4.90 Å². The molecule has 0 aromatic carbocycles. The zero-order valence-electron chi connectivity index (χ0n) is 26.7. The van der Waals surface area contributed by atoms with Crippen LogP contribution in [0.1, 0.15) is 53.9 Å². The van der Waals surface area contributed by atoms with Crippen LogP contribution in [-0.4, -0.2) is 140 Å². The molecule has 13 nitrogen and oxygen atoms in total. The van der Waals surface area contributed by atoms with Crippen LogP contribution in [0.4, 0.5) is 16.6 Å². The fourth-order valence-electron chi connectivity index (χ4n) is 7.08. The summed E-state index contributed by atoms with van der Waals surface area (Å²) in [5, 5.41) is 13.0. The largest absolute Gasteiger partial charge is 0.465 e. The molecule has 1 atom stereocenters. The number of aryl methyl sites for hydroxylation is 1. The molecule has 2 aromatic rings. The summed E-state index contributed by atoms with van der Waals surface area (Å²) in [7, 11) is 0. The molecule has 0 aliphatic carbocycles. The maximum absolute atomic E-state index is 14.1. The molecule has 3 saturated heterocycles. The molecule has 0 bridgehead atoms. The number of piperazine rings is 2. The second kappa shape index (κ2) is 12.9. The van der Waals surface area contributed by atoms with Crippen molar-refractivity contribution in [1.82, 2.24) is 39.1 Å². The van der Waals surface area contributed by atoms with Gasteiger partial charge in [-0.15, -0.1) is 0 Å². The number of likely N-dealkylation sites (tertiary alicyclic amines) is 1. The Balaban J connectivity index is 1.42. The van der Waals surface area contributed by atoms with E-state index in [0.717, 1.165) is 96.3 Å². The van der Waals surface area contributed by atoms with Crippen molar-refractivity contribution in [1.29, 1.82) is 0 Å². The number of aromatic nitrogens is 4. The molecule has 0 spiro atoms. The molecular weight excluding hydrogens is 548 g/mol. The average Bonchev–Trinajstić information content (AvgIpc) is 3.63. The van der Waals surface area contributed by atoms with Gasteiger partial charge < -0.3 is 29.3 Å². The maximum atomic E-state index is 14.1. The summed E-state index contributed by atoms with van der Waals surface area (Å²) in [6, 6.07) is 0. The predicted octanol–water partition coefficient (Wildman–Crippen LogP) is 2.49. The smallest absolute Gasteiger partial charge is 0.408 e. The first-order valence-electron chi connectivity index (χ1n) is 16.0. The molecule has 5 heterocycles. The fourth-order valence-corrected chi connectivity index (χ4v) is 7.08. The van der Waals surface area contributed by atoms with Gasteiger partial charge in [0.05, 0.1) is 6.33 Å². The van der Waals surface area contributed by atoms with Gasteiger partial charge in [0.2, 0.25) is 5.95 Å². The van der Waals surface area contributed by atoms with Gasteiger partial charge in [-0.05, 0) is 44.3 Å². The Morgan fingerprint density at radius 1 is 0.907 bits per heavy atom. The van der Waals surface area contributed by atoms with Crippen molar-refractivity contribution in [2.45, 2.75) is 66.0 Å². The lowest BCUT2D eigenvalue weighted by atomic mass is 9.71. The summed E-state index contributed by atoms with van der Waals surface area (Å²) in [6.45, 7) is 22.3. The van der Waals surface area contributed by atoms with Gasteiger partial charge in [0, 0.05) is 65.4 Å². The molecule has 3 fully saturated rings. The number of imidazole rings is 1. The number of nitrogens with zero attached hydrogens (tertiary/aromatic N) is 9. The maximum Gasteiger partial charge on any atom is 0.408 e. The van der Waals surface area contributed by atoms with Gasteiger partial charge in [-0.1, -0.05) is 34.6 Å². The zero-order valence-corrected chi connectivity index (χ0v) is 26.7. The number of likely N-dealkylation sites (N-methyl/N-ethyl adjacent to an activating group) is 2. The van der Waals surface area contributed by atoms with E-state index in [2.05, 4.69) is 43.3 Å². The molecule has 1 unspecified atom stereocenters. The lowest BCUT2D eigenvalue weighted by Gasteiger charge is -2.45. The Kier molecular flexibility index (Phi) is 9.43. The third-order valence-corrected chi connectivity index (χ3v) is 9.80. The summed E-state index contributed by atoms with van der Waals surface area (Å²) in [5.41, 5.74) is -0.412. The summed E-state index contributed by atoms with van der Waals surface area (Å²) < 4.78 is 2.07. The summed E-state index contributed by atoms with van der Waals surface area (Å²) >= 11 is 0. The van der Waals surface area contributed by atoms with Gasteiger partial charge in [0.25, 0.3) is 5.91 Å². The highest BCUT2D eigenvalue weighted by Gasteiger charge is 2.57. The van der Waals surface area contributed by atoms with Crippen molar-refractivity contribution in [3.05, 3.63) is 6.33 Å². The molecule has 5 rings (SSSR count). The SMILES string of the molecule is CCN1CCN(CCCn2cnc3c(N4CCN(CC)CC4)nc(NC(=O)C4(C(C)(C)C)CCCN4C(=O)O)nc32)CC1. The van der Waals surface area contributed by atoms with Crippen LogP contribution in [0.3, 0.4) is 0 Å². The number of hydrogen-bond donors (Lipinski definition) is 2. The van der Waals surface area contributed by atoms with Crippen molar-refractivity contribution in [2.75, 3.05) is 88.8 Å². The Morgan fingerprint density at radius 2 is 1.53 bits per heavy atom. The fraction of sp³-hybridized carbons (Fsp3) is 0.767. The predicted molar refractivity (Wildman–Crippen MR) is 168 cm³/mol. The molecule has 2 aromatic heterocycles. The summed E-state index contributed by atoms with van der Waals surface area (Å²) in [6.07, 6.45) is 2.81. The number of fused-ring (bicyclic) bond motifs is 1. The van der Waals surface area contributed by atoms with Crippen LogP contribution in [0, 0.1) is 5.41 Å². The van der Waals surface area contributed by atoms with E-state index in [-0.39, 0.29) is 11.9 Å². The minimum absolute atomic E-state index is 0.198. The van der Waals surface area contributed by atoms with Crippen LogP contribution in [0.25, 0.3) is 11.2 Å². The molecule has 0 saturated carbocycles. The van der Waals surface area contributed by atoms with Crippen molar-refractivity contribution in [2.24, 2.45) is 5.41 Å². The number of nitrogens with one attached hydrogen (secondary N) is 1. The van der Waals surface area contributed by atoms with Gasteiger partial charge in [0.1, 0.15) is 5.54 Å². The van der Waals surface area contributed by atoms with E-state index in [0.29, 0.717) is 25.0 Å². The first-order valence-corrected chi connectivity index (χ1v) is 16.0. The number of amides is 2.